The first kappa shape index (κ1) is 17.6. The Balaban J connectivity index is 1.89. The monoisotopic (exact) mass is 332 g/mol. The van der Waals surface area contributed by atoms with Gasteiger partial charge in [-0.05, 0) is 35.9 Å². The maximum Gasteiger partial charge on any atom is 0.224 e. The lowest BCUT2D eigenvalue weighted by atomic mass is 10.1. The first-order chi connectivity index (χ1) is 11.5. The molecule has 2 rings (SSSR count). The summed E-state index contributed by atoms with van der Waals surface area (Å²) in [5.41, 5.74) is 0.865. The maximum absolute atomic E-state index is 13.5. The van der Waals surface area contributed by atoms with Crippen molar-refractivity contribution in [2.75, 3.05) is 18.0 Å². The van der Waals surface area contributed by atoms with Gasteiger partial charge in [0, 0.05) is 25.7 Å². The van der Waals surface area contributed by atoms with Crippen molar-refractivity contribution in [1.82, 2.24) is 5.32 Å². The van der Waals surface area contributed by atoms with Crippen LogP contribution in [-0.4, -0.2) is 24.9 Å². The number of hydrogen-bond donors (Lipinski definition) is 1. The second kappa shape index (κ2) is 8.19. The van der Waals surface area contributed by atoms with Gasteiger partial charge in [0.2, 0.25) is 11.8 Å². The first-order valence-corrected chi connectivity index (χ1v) is 7.51. The summed E-state index contributed by atoms with van der Waals surface area (Å²) in [6.07, 6.45) is -0.0662. The molecule has 0 bridgehead atoms. The third-order valence-corrected chi connectivity index (χ3v) is 3.48. The van der Waals surface area contributed by atoms with Crippen LogP contribution in [0.4, 0.5) is 14.5 Å². The Morgan fingerprint density at radius 1 is 1.04 bits per heavy atom. The molecule has 126 valence electrons. The molecule has 0 aliphatic carbocycles. The van der Waals surface area contributed by atoms with E-state index in [0.29, 0.717) is 11.3 Å². The molecule has 0 atom stereocenters. The van der Waals surface area contributed by atoms with Crippen molar-refractivity contribution < 1.29 is 18.4 Å². The van der Waals surface area contributed by atoms with Crippen molar-refractivity contribution in [2.24, 2.45) is 0 Å². The third-order valence-electron chi connectivity index (χ3n) is 3.48. The van der Waals surface area contributed by atoms with Gasteiger partial charge in [-0.3, -0.25) is 9.59 Å². The van der Waals surface area contributed by atoms with E-state index in [9.17, 15) is 18.4 Å². The van der Waals surface area contributed by atoms with E-state index in [1.807, 2.05) is 0 Å². The molecule has 2 aromatic carbocycles. The van der Waals surface area contributed by atoms with Crippen molar-refractivity contribution in [2.45, 2.75) is 13.3 Å². The van der Waals surface area contributed by atoms with Gasteiger partial charge in [0.25, 0.3) is 0 Å². The van der Waals surface area contributed by atoms with Crippen LogP contribution in [-0.2, 0) is 16.0 Å². The molecule has 6 heteroatoms. The van der Waals surface area contributed by atoms with E-state index >= 15 is 0 Å². The number of benzene rings is 2. The molecule has 0 saturated heterocycles. The van der Waals surface area contributed by atoms with Crippen molar-refractivity contribution in [1.29, 1.82) is 0 Å². The fourth-order valence-electron chi connectivity index (χ4n) is 2.27. The Hall–Kier alpha value is -2.76. The number of amides is 2. The normalized spacial score (nSPS) is 10.3. The number of nitrogens with one attached hydrogen (secondary N) is 1. The summed E-state index contributed by atoms with van der Waals surface area (Å²) < 4.78 is 26.5. The largest absolute Gasteiger partial charge is 0.354 e. The molecule has 0 fully saturated rings. The predicted octanol–water partition coefficient (Wildman–Crippen LogP) is 2.68. The van der Waals surface area contributed by atoms with Crippen molar-refractivity contribution >= 4 is 17.5 Å². The second-order valence-electron chi connectivity index (χ2n) is 5.27. The van der Waals surface area contributed by atoms with Crippen molar-refractivity contribution in [3.05, 3.63) is 65.7 Å². The minimum absolute atomic E-state index is 0.0662. The smallest absolute Gasteiger partial charge is 0.224 e. The minimum Gasteiger partial charge on any atom is -0.354 e. The molecule has 0 aliphatic heterocycles. The molecule has 0 aromatic heterocycles. The average Bonchev–Trinajstić information content (AvgIpc) is 2.54. The number of halogens is 2. The topological polar surface area (TPSA) is 49.4 Å². The highest BCUT2D eigenvalue weighted by Crippen LogP contribution is 2.14. The van der Waals surface area contributed by atoms with Crippen LogP contribution in [0.15, 0.2) is 48.5 Å². The van der Waals surface area contributed by atoms with Crippen molar-refractivity contribution in [3.8, 4) is 0 Å². The number of hydrogen-bond acceptors (Lipinski definition) is 2. The second-order valence-corrected chi connectivity index (χ2v) is 5.27. The van der Waals surface area contributed by atoms with Crippen molar-refractivity contribution in [3.63, 3.8) is 0 Å². The molecule has 2 aromatic rings. The standard InChI is InChI=1S/C18H18F2N2O2/c1-13(23)22(16-8-6-15(19)7-9-16)11-10-21-18(24)12-14-4-2-3-5-17(14)20/h2-9H,10-12H2,1H3,(H,21,24). The summed E-state index contributed by atoms with van der Waals surface area (Å²) in [4.78, 5) is 25.0. The summed E-state index contributed by atoms with van der Waals surface area (Å²) in [7, 11) is 0. The van der Waals surface area contributed by atoms with Crippen LogP contribution < -0.4 is 10.2 Å². The predicted molar refractivity (Wildman–Crippen MR) is 87.5 cm³/mol. The lowest BCUT2D eigenvalue weighted by Gasteiger charge is -2.21. The molecule has 4 nitrogen and oxygen atoms in total. The highest BCUT2D eigenvalue weighted by molar-refractivity contribution is 5.91. The molecule has 2 amide bonds. The van der Waals surface area contributed by atoms with E-state index in [-0.39, 0.29) is 37.1 Å². The lowest BCUT2D eigenvalue weighted by Crippen LogP contribution is -2.38. The molecule has 0 radical (unpaired) electrons. The summed E-state index contributed by atoms with van der Waals surface area (Å²) in [5.74, 6) is -1.36. The van der Waals surface area contributed by atoms with E-state index in [4.69, 9.17) is 0 Å². The zero-order valence-corrected chi connectivity index (χ0v) is 13.3. The minimum atomic E-state index is -0.427. The fourth-order valence-corrected chi connectivity index (χ4v) is 2.27. The number of anilines is 1. The summed E-state index contributed by atoms with van der Waals surface area (Å²) >= 11 is 0. The zero-order chi connectivity index (χ0) is 17.5. The van der Waals surface area contributed by atoms with Crippen LogP contribution in [0.3, 0.4) is 0 Å². The van der Waals surface area contributed by atoms with Crippen LogP contribution in [0, 0.1) is 11.6 Å². The van der Waals surface area contributed by atoms with Gasteiger partial charge in [0.15, 0.2) is 0 Å². The molecule has 24 heavy (non-hydrogen) atoms. The van der Waals surface area contributed by atoms with Gasteiger partial charge in [-0.1, -0.05) is 18.2 Å². The van der Waals surface area contributed by atoms with E-state index in [1.54, 1.807) is 18.2 Å². The van der Waals surface area contributed by atoms with Crippen LogP contribution >= 0.6 is 0 Å². The fraction of sp³-hybridized carbons (Fsp3) is 0.222. The van der Waals surface area contributed by atoms with Gasteiger partial charge in [0.1, 0.15) is 11.6 Å². The first-order valence-electron chi connectivity index (χ1n) is 7.51. The summed E-state index contributed by atoms with van der Waals surface area (Å²) in [6.45, 7) is 1.85. The van der Waals surface area contributed by atoms with E-state index in [2.05, 4.69) is 5.32 Å². The molecule has 1 N–H and O–H groups in total. The summed E-state index contributed by atoms with van der Waals surface area (Å²) in [6, 6.07) is 11.6. The lowest BCUT2D eigenvalue weighted by molar-refractivity contribution is -0.121. The van der Waals surface area contributed by atoms with Gasteiger partial charge >= 0.3 is 0 Å². The Morgan fingerprint density at radius 3 is 2.33 bits per heavy atom. The SMILES string of the molecule is CC(=O)N(CCNC(=O)Cc1ccccc1F)c1ccc(F)cc1. The number of carbonyl (C=O) groups excluding carboxylic acids is 2. The highest BCUT2D eigenvalue weighted by atomic mass is 19.1. The molecule has 0 heterocycles. The molecule has 0 saturated carbocycles. The van der Waals surface area contributed by atoms with E-state index in [0.717, 1.165) is 0 Å². The quantitative estimate of drug-likeness (QED) is 0.884. The number of nitrogens with zero attached hydrogens (tertiary/aromatic N) is 1. The van der Waals surface area contributed by atoms with E-state index in [1.165, 1.54) is 42.2 Å². The maximum atomic E-state index is 13.5. The molecule has 0 aliphatic rings. The van der Waals surface area contributed by atoms with Gasteiger partial charge in [-0.2, -0.15) is 0 Å². The number of rotatable bonds is 6. The molecular weight excluding hydrogens is 314 g/mol. The van der Waals surface area contributed by atoms with Crippen LogP contribution in [0.2, 0.25) is 0 Å². The van der Waals surface area contributed by atoms with Crippen LogP contribution in [0.25, 0.3) is 0 Å². The molecule has 0 unspecified atom stereocenters. The Kier molecular flexibility index (Phi) is 6.01. The highest BCUT2D eigenvalue weighted by Gasteiger charge is 2.12. The van der Waals surface area contributed by atoms with Gasteiger partial charge < -0.3 is 10.2 Å². The summed E-state index contributed by atoms with van der Waals surface area (Å²) in [5, 5.41) is 2.65. The molecule has 0 spiro atoms. The molecular formula is C18H18F2N2O2. The van der Waals surface area contributed by atoms with Crippen LogP contribution in [0.5, 0.6) is 0 Å². The Morgan fingerprint density at radius 2 is 1.71 bits per heavy atom. The van der Waals surface area contributed by atoms with Gasteiger partial charge in [-0.25, -0.2) is 8.78 Å². The van der Waals surface area contributed by atoms with Crippen LogP contribution in [0.1, 0.15) is 12.5 Å². The van der Waals surface area contributed by atoms with Gasteiger partial charge in [-0.15, -0.1) is 0 Å². The zero-order valence-electron chi connectivity index (χ0n) is 13.3. The third kappa shape index (κ3) is 4.87. The van der Waals surface area contributed by atoms with Gasteiger partial charge in [0.05, 0.1) is 6.42 Å². The van der Waals surface area contributed by atoms with E-state index < -0.39 is 5.82 Å². The number of carbonyl (C=O) groups is 2. The average molecular weight is 332 g/mol. The Bertz CT molecular complexity index is 717. The Labute approximate surface area is 139 Å².